The molecule has 0 aliphatic rings. The highest BCUT2D eigenvalue weighted by Gasteiger charge is 2.21. The minimum absolute atomic E-state index is 0.619. The van der Waals surface area contributed by atoms with Crippen molar-refractivity contribution in [2.24, 2.45) is 0 Å². The molecule has 1 heterocycles. The Labute approximate surface area is 84.1 Å². The summed E-state index contributed by atoms with van der Waals surface area (Å²) in [5.74, 6) is 0. The van der Waals surface area contributed by atoms with Gasteiger partial charge in [-0.2, -0.15) is 0 Å². The van der Waals surface area contributed by atoms with Gasteiger partial charge in [0.05, 0.1) is 0 Å². The van der Waals surface area contributed by atoms with E-state index in [2.05, 4.69) is 20.9 Å². The number of hydrogen-bond donors (Lipinski definition) is 1. The van der Waals surface area contributed by atoms with E-state index in [1.54, 1.807) is 19.2 Å². The molecule has 0 radical (unpaired) electrons. The summed E-state index contributed by atoms with van der Waals surface area (Å²) in [6, 6.07) is 3.58. The number of halogens is 1. The Kier molecular flexibility index (Phi) is 2.80. The molecule has 0 saturated carbocycles. The van der Waals surface area contributed by atoms with Gasteiger partial charge in [0.25, 0.3) is 0 Å². The Hall–Kier alpha value is -0.480. The number of pyridine rings is 1. The molecule has 1 aromatic rings. The average molecular weight is 246 g/mol. The zero-order valence-electron chi connectivity index (χ0n) is 6.50. The van der Waals surface area contributed by atoms with Gasteiger partial charge in [0.1, 0.15) is 15.3 Å². The first-order valence-corrected chi connectivity index (χ1v) is 4.61. The third kappa shape index (κ3) is 2.01. The van der Waals surface area contributed by atoms with Crippen LogP contribution in [0.15, 0.2) is 18.3 Å². The van der Waals surface area contributed by atoms with E-state index in [-0.39, 0.29) is 0 Å². The fraction of sp³-hybridized carbons (Fsp3) is 0.250. The van der Waals surface area contributed by atoms with Gasteiger partial charge in [-0.05, 0) is 18.6 Å². The van der Waals surface area contributed by atoms with E-state index < -0.39 is 4.32 Å². The molecule has 1 N–H and O–H groups in total. The lowest BCUT2D eigenvalue weighted by atomic mass is 10.1. The lowest BCUT2D eigenvalue weighted by Crippen LogP contribution is -2.14. The van der Waals surface area contributed by atoms with Gasteiger partial charge in [-0.1, -0.05) is 34.2 Å². The summed E-state index contributed by atoms with van der Waals surface area (Å²) in [6.07, 6.45) is 2.57. The minimum atomic E-state index is -0.619. The molecule has 0 fully saturated rings. The molecule has 0 bridgehead atoms. The second-order valence-electron chi connectivity index (χ2n) is 2.64. The van der Waals surface area contributed by atoms with Crippen LogP contribution in [0.4, 0.5) is 0 Å². The monoisotopic (exact) mass is 245 g/mol. The highest BCUT2D eigenvalue weighted by Crippen LogP contribution is 2.27. The SMILES string of the molecule is CC(Br)(C=O)c1ccc(=S)[nH]c1. The van der Waals surface area contributed by atoms with Gasteiger partial charge in [-0.3, -0.25) is 0 Å². The van der Waals surface area contributed by atoms with E-state index in [0.717, 1.165) is 11.8 Å². The van der Waals surface area contributed by atoms with E-state index in [9.17, 15) is 4.79 Å². The molecule has 64 valence electrons. The molecular formula is C8H8BrNOS. The third-order valence-corrected chi connectivity index (χ3v) is 2.47. The van der Waals surface area contributed by atoms with Gasteiger partial charge in [0, 0.05) is 6.20 Å². The van der Waals surface area contributed by atoms with Crippen LogP contribution in [0.1, 0.15) is 12.5 Å². The summed E-state index contributed by atoms with van der Waals surface area (Å²) >= 11 is 8.16. The molecule has 0 aliphatic heterocycles. The number of aromatic nitrogens is 1. The van der Waals surface area contributed by atoms with Crippen LogP contribution in [0.25, 0.3) is 0 Å². The number of aldehydes is 1. The van der Waals surface area contributed by atoms with Crippen LogP contribution in [-0.4, -0.2) is 11.3 Å². The maximum Gasteiger partial charge on any atom is 0.140 e. The number of carbonyl (C=O) groups excluding carboxylic acids is 1. The lowest BCUT2D eigenvalue weighted by Gasteiger charge is -2.13. The van der Waals surface area contributed by atoms with Crippen LogP contribution in [0.3, 0.4) is 0 Å². The second kappa shape index (κ2) is 3.49. The summed E-state index contributed by atoms with van der Waals surface area (Å²) in [5.41, 5.74) is 0.867. The second-order valence-corrected chi connectivity index (χ2v) is 4.72. The van der Waals surface area contributed by atoms with Gasteiger partial charge >= 0.3 is 0 Å². The molecule has 12 heavy (non-hydrogen) atoms. The lowest BCUT2D eigenvalue weighted by molar-refractivity contribution is -0.109. The molecule has 1 unspecified atom stereocenters. The maximum absolute atomic E-state index is 10.6. The van der Waals surface area contributed by atoms with Crippen molar-refractivity contribution in [1.82, 2.24) is 4.98 Å². The molecule has 1 rings (SSSR count). The van der Waals surface area contributed by atoms with Crippen LogP contribution >= 0.6 is 28.1 Å². The fourth-order valence-electron chi connectivity index (χ4n) is 0.783. The predicted octanol–water partition coefficient (Wildman–Crippen LogP) is 2.55. The number of hydrogen-bond acceptors (Lipinski definition) is 2. The molecule has 0 aromatic carbocycles. The topological polar surface area (TPSA) is 32.9 Å². The van der Waals surface area contributed by atoms with Gasteiger partial charge < -0.3 is 9.78 Å². The van der Waals surface area contributed by atoms with Gasteiger partial charge in [-0.15, -0.1) is 0 Å². The van der Waals surface area contributed by atoms with Crippen molar-refractivity contribution in [3.05, 3.63) is 28.5 Å². The molecular weight excluding hydrogens is 238 g/mol. The Morgan fingerprint density at radius 1 is 1.67 bits per heavy atom. The number of nitrogens with one attached hydrogen (secondary N) is 1. The summed E-state index contributed by atoms with van der Waals surface area (Å²) in [5, 5.41) is 0. The Morgan fingerprint density at radius 2 is 2.33 bits per heavy atom. The average Bonchev–Trinajstić information content (AvgIpc) is 2.05. The molecule has 0 amide bonds. The molecule has 0 spiro atoms. The standard InChI is InChI=1S/C8H8BrNOS/c1-8(9,5-11)6-2-3-7(12)10-4-6/h2-5H,1H3,(H,10,12). The minimum Gasteiger partial charge on any atom is -0.353 e. The van der Waals surface area contributed by atoms with Crippen molar-refractivity contribution in [3.8, 4) is 0 Å². The molecule has 0 saturated heterocycles. The van der Waals surface area contributed by atoms with Crippen LogP contribution in [0.2, 0.25) is 0 Å². The van der Waals surface area contributed by atoms with E-state index in [1.807, 2.05) is 6.07 Å². The Bertz CT molecular complexity index is 325. The molecule has 1 atom stereocenters. The highest BCUT2D eigenvalue weighted by atomic mass is 79.9. The van der Waals surface area contributed by atoms with Crippen molar-refractivity contribution in [3.63, 3.8) is 0 Å². The van der Waals surface area contributed by atoms with E-state index in [4.69, 9.17) is 12.2 Å². The number of carbonyl (C=O) groups is 1. The van der Waals surface area contributed by atoms with Crippen LogP contribution in [-0.2, 0) is 9.12 Å². The first-order chi connectivity index (χ1) is 5.56. The van der Waals surface area contributed by atoms with Crippen molar-refractivity contribution >= 4 is 34.4 Å². The predicted molar refractivity (Wildman–Crippen MR) is 54.0 cm³/mol. The fourth-order valence-corrected chi connectivity index (χ4v) is 1.16. The first kappa shape index (κ1) is 9.61. The van der Waals surface area contributed by atoms with Crippen molar-refractivity contribution < 1.29 is 4.79 Å². The van der Waals surface area contributed by atoms with Crippen LogP contribution in [0, 0.1) is 4.64 Å². The van der Waals surface area contributed by atoms with Crippen LogP contribution in [0.5, 0.6) is 0 Å². The number of rotatable bonds is 2. The van der Waals surface area contributed by atoms with E-state index in [0.29, 0.717) is 4.64 Å². The van der Waals surface area contributed by atoms with Gasteiger partial charge in [0.2, 0.25) is 0 Å². The number of H-pyrrole nitrogens is 1. The van der Waals surface area contributed by atoms with Gasteiger partial charge in [-0.25, -0.2) is 0 Å². The van der Waals surface area contributed by atoms with Crippen molar-refractivity contribution in [1.29, 1.82) is 0 Å². The van der Waals surface area contributed by atoms with E-state index >= 15 is 0 Å². The number of alkyl halides is 1. The summed E-state index contributed by atoms with van der Waals surface area (Å²) < 4.78 is 0.0416. The quantitative estimate of drug-likeness (QED) is 0.494. The highest BCUT2D eigenvalue weighted by molar-refractivity contribution is 9.10. The van der Waals surface area contributed by atoms with Crippen LogP contribution < -0.4 is 0 Å². The zero-order valence-corrected chi connectivity index (χ0v) is 8.91. The Balaban J connectivity index is 3.12. The normalized spacial score (nSPS) is 15.2. The largest absolute Gasteiger partial charge is 0.353 e. The maximum atomic E-state index is 10.6. The Morgan fingerprint density at radius 3 is 2.75 bits per heavy atom. The molecule has 2 nitrogen and oxygen atoms in total. The summed E-state index contributed by atoms with van der Waals surface area (Å²) in [6.45, 7) is 1.78. The van der Waals surface area contributed by atoms with Crippen molar-refractivity contribution in [2.45, 2.75) is 11.2 Å². The molecule has 1 aromatic heterocycles. The summed E-state index contributed by atoms with van der Waals surface area (Å²) in [7, 11) is 0. The molecule has 0 aliphatic carbocycles. The zero-order chi connectivity index (χ0) is 9.19. The first-order valence-electron chi connectivity index (χ1n) is 3.41. The van der Waals surface area contributed by atoms with E-state index in [1.165, 1.54) is 0 Å². The summed E-state index contributed by atoms with van der Waals surface area (Å²) in [4.78, 5) is 13.5. The van der Waals surface area contributed by atoms with Gasteiger partial charge in [0.15, 0.2) is 0 Å². The third-order valence-electron chi connectivity index (χ3n) is 1.57. The smallest absolute Gasteiger partial charge is 0.140 e. The molecule has 4 heteroatoms. The van der Waals surface area contributed by atoms with Crippen molar-refractivity contribution in [2.75, 3.05) is 0 Å². The number of aromatic amines is 1.